The molecule has 2 rings (SSSR count). The van der Waals surface area contributed by atoms with E-state index in [9.17, 15) is 0 Å². The lowest BCUT2D eigenvalue weighted by atomic mass is 10.0. The van der Waals surface area contributed by atoms with Gasteiger partial charge >= 0.3 is 0 Å². The SMILES string of the molecule is CN=C(NCc1ccccc1-n1nc(C)cc1C)NCC(C)(C)N(C)C.I. The number of nitrogens with zero attached hydrogens (tertiary/aromatic N) is 4. The molecule has 7 heteroatoms. The van der Waals surface area contributed by atoms with Gasteiger partial charge in [-0.1, -0.05) is 18.2 Å². The summed E-state index contributed by atoms with van der Waals surface area (Å²) >= 11 is 0. The number of halogens is 1. The second kappa shape index (κ2) is 10.1. The lowest BCUT2D eigenvalue weighted by molar-refractivity contribution is 0.197. The number of likely N-dealkylation sites (N-methyl/N-ethyl adjacent to an activating group) is 1. The van der Waals surface area contributed by atoms with Gasteiger partial charge in [-0.3, -0.25) is 4.99 Å². The molecule has 0 aliphatic carbocycles. The predicted octanol–water partition coefficient (Wildman–Crippen LogP) is 3.11. The van der Waals surface area contributed by atoms with Gasteiger partial charge in [0.25, 0.3) is 0 Å². The minimum atomic E-state index is 0. The van der Waals surface area contributed by atoms with Crippen LogP contribution in [0.1, 0.15) is 30.8 Å². The highest BCUT2D eigenvalue weighted by Gasteiger charge is 2.20. The van der Waals surface area contributed by atoms with Crippen LogP contribution in [0.4, 0.5) is 0 Å². The summed E-state index contributed by atoms with van der Waals surface area (Å²) in [5.41, 5.74) is 4.46. The zero-order chi connectivity index (χ0) is 19.3. The molecule has 0 atom stereocenters. The quantitative estimate of drug-likeness (QED) is 0.376. The van der Waals surface area contributed by atoms with Gasteiger partial charge in [-0.05, 0) is 59.5 Å². The molecule has 0 bridgehead atoms. The van der Waals surface area contributed by atoms with Crippen molar-refractivity contribution < 1.29 is 0 Å². The molecule has 27 heavy (non-hydrogen) atoms. The number of nitrogens with one attached hydrogen (secondary N) is 2. The standard InChI is InChI=1S/C20H32N6.HI/c1-15-12-16(2)26(24-15)18-11-9-8-10-17(18)13-22-19(21-5)23-14-20(3,4)25(6)7;/h8-12H,13-14H2,1-7H3,(H2,21,22,23);1H. The highest BCUT2D eigenvalue weighted by Crippen LogP contribution is 2.17. The first-order valence-electron chi connectivity index (χ1n) is 8.98. The molecule has 0 radical (unpaired) electrons. The van der Waals surface area contributed by atoms with Crippen LogP contribution >= 0.6 is 24.0 Å². The molecular weight excluding hydrogens is 451 g/mol. The van der Waals surface area contributed by atoms with E-state index in [1.165, 1.54) is 5.56 Å². The molecule has 2 N–H and O–H groups in total. The van der Waals surface area contributed by atoms with Gasteiger partial charge in [0.2, 0.25) is 0 Å². The Kier molecular flexibility index (Phi) is 8.74. The smallest absolute Gasteiger partial charge is 0.191 e. The molecule has 2 aromatic rings. The Morgan fingerprint density at radius 1 is 1.19 bits per heavy atom. The third kappa shape index (κ3) is 6.21. The first kappa shape index (κ1) is 23.4. The van der Waals surface area contributed by atoms with E-state index < -0.39 is 0 Å². The molecule has 0 saturated heterocycles. The number of hydrogen-bond donors (Lipinski definition) is 2. The van der Waals surface area contributed by atoms with Gasteiger partial charge in [0, 0.05) is 31.4 Å². The Morgan fingerprint density at radius 2 is 1.85 bits per heavy atom. The molecule has 1 aromatic carbocycles. The summed E-state index contributed by atoms with van der Waals surface area (Å²) < 4.78 is 2.00. The molecule has 0 aliphatic rings. The summed E-state index contributed by atoms with van der Waals surface area (Å²) in [4.78, 5) is 6.54. The van der Waals surface area contributed by atoms with Gasteiger partial charge in [-0.15, -0.1) is 24.0 Å². The van der Waals surface area contributed by atoms with Crippen LogP contribution in [0.3, 0.4) is 0 Å². The molecule has 0 aliphatic heterocycles. The van der Waals surface area contributed by atoms with E-state index in [0.29, 0.717) is 6.54 Å². The molecule has 0 unspecified atom stereocenters. The van der Waals surface area contributed by atoms with Crippen molar-refractivity contribution in [2.24, 2.45) is 4.99 Å². The van der Waals surface area contributed by atoms with Crippen molar-refractivity contribution in [3.8, 4) is 5.69 Å². The fourth-order valence-electron chi connectivity index (χ4n) is 2.60. The maximum Gasteiger partial charge on any atom is 0.191 e. The molecule has 0 saturated carbocycles. The van der Waals surface area contributed by atoms with Crippen molar-refractivity contribution in [1.82, 2.24) is 25.3 Å². The van der Waals surface area contributed by atoms with Crippen molar-refractivity contribution in [2.75, 3.05) is 27.7 Å². The Morgan fingerprint density at radius 3 is 2.41 bits per heavy atom. The van der Waals surface area contributed by atoms with E-state index in [4.69, 9.17) is 0 Å². The number of guanidine groups is 1. The van der Waals surface area contributed by atoms with Gasteiger partial charge in [0.05, 0.1) is 11.4 Å². The van der Waals surface area contributed by atoms with Crippen molar-refractivity contribution in [1.29, 1.82) is 0 Å². The van der Waals surface area contributed by atoms with Crippen molar-refractivity contribution in [2.45, 2.75) is 39.8 Å². The molecule has 1 aromatic heterocycles. The minimum Gasteiger partial charge on any atom is -0.355 e. The van der Waals surface area contributed by atoms with Crippen LogP contribution in [0.5, 0.6) is 0 Å². The predicted molar refractivity (Wildman–Crippen MR) is 124 cm³/mol. The number of aryl methyl sites for hydroxylation is 2. The summed E-state index contributed by atoms with van der Waals surface area (Å²) in [7, 11) is 5.97. The highest BCUT2D eigenvalue weighted by atomic mass is 127. The first-order chi connectivity index (χ1) is 12.2. The van der Waals surface area contributed by atoms with Crippen LogP contribution < -0.4 is 10.6 Å². The van der Waals surface area contributed by atoms with E-state index >= 15 is 0 Å². The van der Waals surface area contributed by atoms with Crippen molar-refractivity contribution in [3.05, 3.63) is 47.3 Å². The molecular formula is C20H33IN6. The molecule has 0 spiro atoms. The second-order valence-corrected chi connectivity index (χ2v) is 7.45. The summed E-state index contributed by atoms with van der Waals surface area (Å²) in [6.07, 6.45) is 0. The maximum atomic E-state index is 4.61. The molecule has 1 heterocycles. The topological polar surface area (TPSA) is 57.5 Å². The van der Waals surface area contributed by atoms with Crippen molar-refractivity contribution >= 4 is 29.9 Å². The molecule has 6 nitrogen and oxygen atoms in total. The number of benzene rings is 1. The van der Waals surface area contributed by atoms with Crippen LogP contribution in [0.15, 0.2) is 35.3 Å². The Labute approximate surface area is 180 Å². The van der Waals surface area contributed by atoms with Gasteiger partial charge in [-0.2, -0.15) is 5.10 Å². The number of rotatable bonds is 6. The average Bonchev–Trinajstić information content (AvgIpc) is 2.93. The number of aliphatic imine (C=N–C) groups is 1. The van der Waals surface area contributed by atoms with E-state index in [1.54, 1.807) is 7.05 Å². The van der Waals surface area contributed by atoms with Crippen LogP contribution in [-0.4, -0.2) is 53.9 Å². The van der Waals surface area contributed by atoms with Crippen LogP contribution in [0.2, 0.25) is 0 Å². The Balaban J connectivity index is 0.00000364. The Bertz CT molecular complexity index is 764. The van der Waals surface area contributed by atoms with Crippen LogP contribution in [0, 0.1) is 13.8 Å². The monoisotopic (exact) mass is 484 g/mol. The summed E-state index contributed by atoms with van der Waals surface area (Å²) in [5.74, 6) is 0.795. The average molecular weight is 484 g/mol. The maximum absolute atomic E-state index is 4.61. The first-order valence-corrected chi connectivity index (χ1v) is 8.98. The highest BCUT2D eigenvalue weighted by molar-refractivity contribution is 14.0. The normalized spacial score (nSPS) is 12.1. The minimum absolute atomic E-state index is 0. The lowest BCUT2D eigenvalue weighted by Crippen LogP contribution is -2.50. The second-order valence-electron chi connectivity index (χ2n) is 7.45. The van der Waals surface area contributed by atoms with E-state index in [2.05, 4.69) is 84.8 Å². The van der Waals surface area contributed by atoms with Crippen LogP contribution in [0.25, 0.3) is 5.69 Å². The van der Waals surface area contributed by atoms with Crippen molar-refractivity contribution in [3.63, 3.8) is 0 Å². The fourth-order valence-corrected chi connectivity index (χ4v) is 2.60. The zero-order valence-corrected chi connectivity index (χ0v) is 19.8. The van der Waals surface area contributed by atoms with Gasteiger partial charge in [-0.25, -0.2) is 4.68 Å². The fraction of sp³-hybridized carbons (Fsp3) is 0.500. The summed E-state index contributed by atoms with van der Waals surface area (Å²) in [5, 5.41) is 11.4. The van der Waals surface area contributed by atoms with E-state index in [1.807, 2.05) is 17.7 Å². The third-order valence-corrected chi connectivity index (χ3v) is 4.80. The third-order valence-electron chi connectivity index (χ3n) is 4.80. The molecule has 0 fully saturated rings. The van der Waals surface area contributed by atoms with Gasteiger partial charge in [0.1, 0.15) is 0 Å². The van der Waals surface area contributed by atoms with E-state index in [-0.39, 0.29) is 29.5 Å². The van der Waals surface area contributed by atoms with Gasteiger partial charge in [0.15, 0.2) is 5.96 Å². The largest absolute Gasteiger partial charge is 0.355 e. The number of hydrogen-bond acceptors (Lipinski definition) is 3. The van der Waals surface area contributed by atoms with Crippen LogP contribution in [-0.2, 0) is 6.54 Å². The number of aromatic nitrogens is 2. The van der Waals surface area contributed by atoms with E-state index in [0.717, 1.165) is 29.6 Å². The Hall–Kier alpha value is -1.61. The summed E-state index contributed by atoms with van der Waals surface area (Å²) in [6.45, 7) is 9.98. The molecule has 0 amide bonds. The zero-order valence-electron chi connectivity index (χ0n) is 17.5. The molecule has 150 valence electrons. The lowest BCUT2D eigenvalue weighted by Gasteiger charge is -2.33. The number of para-hydroxylation sites is 1. The van der Waals surface area contributed by atoms with Gasteiger partial charge < -0.3 is 15.5 Å². The summed E-state index contributed by atoms with van der Waals surface area (Å²) in [6, 6.07) is 10.4.